The maximum Gasteiger partial charge on any atom is 0.323 e. The van der Waals surface area contributed by atoms with Gasteiger partial charge >= 0.3 is 11.9 Å². The Morgan fingerprint density at radius 3 is 1.90 bits per heavy atom. The number of carbonyl (C=O) groups excluding carboxylic acids is 2. The molecular formula is C15H28O6. The summed E-state index contributed by atoms with van der Waals surface area (Å²) in [5.74, 6) is -1.02. The van der Waals surface area contributed by atoms with E-state index in [1.807, 2.05) is 0 Å². The van der Waals surface area contributed by atoms with Gasteiger partial charge in [0.15, 0.2) is 5.41 Å². The van der Waals surface area contributed by atoms with E-state index in [4.69, 9.17) is 18.9 Å². The van der Waals surface area contributed by atoms with Crippen molar-refractivity contribution in [3.05, 3.63) is 0 Å². The first kappa shape index (κ1) is 19.9. The average Bonchev–Trinajstić information content (AvgIpc) is 2.47. The van der Waals surface area contributed by atoms with E-state index in [-0.39, 0.29) is 13.2 Å². The zero-order valence-corrected chi connectivity index (χ0v) is 13.6. The molecule has 0 fully saturated rings. The van der Waals surface area contributed by atoms with Crippen LogP contribution in [0.4, 0.5) is 0 Å². The lowest BCUT2D eigenvalue weighted by molar-refractivity contribution is -0.173. The Bertz CT molecular complexity index is 285. The highest BCUT2D eigenvalue weighted by Crippen LogP contribution is 2.32. The summed E-state index contributed by atoms with van der Waals surface area (Å²) in [6.45, 7) is 7.19. The third-order valence-corrected chi connectivity index (χ3v) is 3.26. The molecule has 21 heavy (non-hydrogen) atoms. The molecule has 6 nitrogen and oxygen atoms in total. The smallest absolute Gasteiger partial charge is 0.323 e. The van der Waals surface area contributed by atoms with Gasteiger partial charge in [0.2, 0.25) is 0 Å². The molecule has 6 heteroatoms. The Kier molecular flexibility index (Phi) is 10.9. The van der Waals surface area contributed by atoms with Crippen molar-refractivity contribution in [2.45, 2.75) is 40.0 Å². The zero-order chi connectivity index (χ0) is 16.1. The van der Waals surface area contributed by atoms with Gasteiger partial charge in [0.25, 0.3) is 0 Å². The lowest BCUT2D eigenvalue weighted by Gasteiger charge is -2.27. The molecule has 0 amide bonds. The predicted molar refractivity (Wildman–Crippen MR) is 77.9 cm³/mol. The molecule has 0 atom stereocenters. The molecule has 0 spiro atoms. The highest BCUT2D eigenvalue weighted by Gasteiger charge is 2.46. The van der Waals surface area contributed by atoms with Crippen LogP contribution in [-0.4, -0.2) is 52.1 Å². The van der Waals surface area contributed by atoms with Gasteiger partial charge in [0.05, 0.1) is 26.4 Å². The SMILES string of the molecule is CCOC(=O)C(CC)(CCCOCCOC)C(=O)OCC. The summed E-state index contributed by atoms with van der Waals surface area (Å²) in [5.41, 5.74) is -1.23. The Morgan fingerprint density at radius 2 is 1.48 bits per heavy atom. The van der Waals surface area contributed by atoms with Crippen LogP contribution in [0.1, 0.15) is 40.0 Å². The monoisotopic (exact) mass is 304 g/mol. The Hall–Kier alpha value is -1.14. The molecule has 0 aliphatic heterocycles. The molecule has 0 aromatic rings. The van der Waals surface area contributed by atoms with Crippen LogP contribution >= 0.6 is 0 Å². The van der Waals surface area contributed by atoms with Crippen LogP contribution in [0, 0.1) is 5.41 Å². The number of ether oxygens (including phenoxy) is 4. The molecule has 0 aliphatic carbocycles. The molecule has 0 unspecified atom stereocenters. The van der Waals surface area contributed by atoms with Crippen LogP contribution in [0.5, 0.6) is 0 Å². The number of rotatable bonds is 12. The normalized spacial score (nSPS) is 11.2. The third-order valence-electron chi connectivity index (χ3n) is 3.26. The maximum atomic E-state index is 12.2. The lowest BCUT2D eigenvalue weighted by atomic mass is 9.80. The van der Waals surface area contributed by atoms with Gasteiger partial charge in [0, 0.05) is 13.7 Å². The van der Waals surface area contributed by atoms with Crippen molar-refractivity contribution in [3.63, 3.8) is 0 Å². The molecule has 0 aliphatic rings. The van der Waals surface area contributed by atoms with E-state index in [2.05, 4.69) is 0 Å². The van der Waals surface area contributed by atoms with Gasteiger partial charge in [0.1, 0.15) is 0 Å². The van der Waals surface area contributed by atoms with Crippen LogP contribution in [0.25, 0.3) is 0 Å². The summed E-state index contributed by atoms with van der Waals surface area (Å²) in [6.07, 6.45) is 1.28. The second kappa shape index (κ2) is 11.5. The molecule has 0 rings (SSSR count). The number of hydrogen-bond donors (Lipinski definition) is 0. The Balaban J connectivity index is 4.63. The molecule has 0 aromatic heterocycles. The molecule has 0 heterocycles. The maximum absolute atomic E-state index is 12.2. The first-order valence-electron chi connectivity index (χ1n) is 7.50. The lowest BCUT2D eigenvalue weighted by Crippen LogP contribution is -2.42. The van der Waals surface area contributed by atoms with Gasteiger partial charge < -0.3 is 18.9 Å². The number of hydrogen-bond acceptors (Lipinski definition) is 6. The first-order valence-corrected chi connectivity index (χ1v) is 7.50. The van der Waals surface area contributed by atoms with Gasteiger partial charge in [-0.1, -0.05) is 6.92 Å². The summed E-state index contributed by atoms with van der Waals surface area (Å²) in [7, 11) is 1.60. The van der Waals surface area contributed by atoms with Gasteiger partial charge in [-0.2, -0.15) is 0 Å². The minimum Gasteiger partial charge on any atom is -0.465 e. The van der Waals surface area contributed by atoms with E-state index >= 15 is 0 Å². The second-order valence-electron chi connectivity index (χ2n) is 4.59. The summed E-state index contributed by atoms with van der Waals surface area (Å²) in [6, 6.07) is 0. The summed E-state index contributed by atoms with van der Waals surface area (Å²) >= 11 is 0. The van der Waals surface area contributed by atoms with Crippen LogP contribution in [-0.2, 0) is 28.5 Å². The number of esters is 2. The predicted octanol–water partition coefficient (Wildman–Crippen LogP) is 1.95. The number of carbonyl (C=O) groups is 2. The minimum absolute atomic E-state index is 0.240. The summed E-state index contributed by atoms with van der Waals surface area (Å²) in [4.78, 5) is 24.4. The number of methoxy groups -OCH3 is 1. The van der Waals surface area contributed by atoms with E-state index in [0.29, 0.717) is 39.1 Å². The van der Waals surface area contributed by atoms with E-state index < -0.39 is 17.4 Å². The van der Waals surface area contributed by atoms with Crippen molar-refractivity contribution >= 4 is 11.9 Å². The van der Waals surface area contributed by atoms with Crippen molar-refractivity contribution in [2.75, 3.05) is 40.1 Å². The molecule has 0 aromatic carbocycles. The molecule has 0 N–H and O–H groups in total. The average molecular weight is 304 g/mol. The van der Waals surface area contributed by atoms with Crippen LogP contribution in [0.3, 0.4) is 0 Å². The van der Waals surface area contributed by atoms with Crippen LogP contribution in [0.15, 0.2) is 0 Å². The van der Waals surface area contributed by atoms with Crippen molar-refractivity contribution in [1.29, 1.82) is 0 Å². The second-order valence-corrected chi connectivity index (χ2v) is 4.59. The highest BCUT2D eigenvalue weighted by molar-refractivity contribution is 6.00. The molecule has 0 bridgehead atoms. The van der Waals surface area contributed by atoms with Crippen LogP contribution < -0.4 is 0 Å². The van der Waals surface area contributed by atoms with Gasteiger partial charge in [-0.25, -0.2) is 0 Å². The van der Waals surface area contributed by atoms with E-state index in [0.717, 1.165) is 0 Å². The molecule has 0 saturated heterocycles. The fraction of sp³-hybridized carbons (Fsp3) is 0.867. The van der Waals surface area contributed by atoms with Crippen molar-refractivity contribution in [3.8, 4) is 0 Å². The minimum atomic E-state index is -1.23. The molecular weight excluding hydrogens is 276 g/mol. The fourth-order valence-corrected chi connectivity index (χ4v) is 2.01. The van der Waals surface area contributed by atoms with Gasteiger partial charge in [-0.3, -0.25) is 9.59 Å². The van der Waals surface area contributed by atoms with Crippen LogP contribution in [0.2, 0.25) is 0 Å². The standard InChI is InChI=1S/C15H28O6/c1-5-15(13(16)20-6-2,14(17)21-7-3)9-8-10-19-12-11-18-4/h5-12H2,1-4H3. The fourth-order valence-electron chi connectivity index (χ4n) is 2.01. The first-order chi connectivity index (χ1) is 10.1. The largest absolute Gasteiger partial charge is 0.465 e. The van der Waals surface area contributed by atoms with Crippen molar-refractivity contribution in [1.82, 2.24) is 0 Å². The highest BCUT2D eigenvalue weighted by atomic mass is 16.6. The topological polar surface area (TPSA) is 71.1 Å². The summed E-state index contributed by atoms with van der Waals surface area (Å²) < 4.78 is 20.4. The third kappa shape index (κ3) is 6.44. The molecule has 0 saturated carbocycles. The quantitative estimate of drug-likeness (QED) is 0.312. The Morgan fingerprint density at radius 1 is 0.905 bits per heavy atom. The molecule has 124 valence electrons. The van der Waals surface area contributed by atoms with E-state index in [1.54, 1.807) is 27.9 Å². The van der Waals surface area contributed by atoms with Crippen molar-refractivity contribution in [2.24, 2.45) is 5.41 Å². The van der Waals surface area contributed by atoms with Gasteiger partial charge in [-0.15, -0.1) is 0 Å². The molecule has 0 radical (unpaired) electrons. The van der Waals surface area contributed by atoms with E-state index in [9.17, 15) is 9.59 Å². The van der Waals surface area contributed by atoms with Gasteiger partial charge in [-0.05, 0) is 33.1 Å². The van der Waals surface area contributed by atoms with E-state index in [1.165, 1.54) is 0 Å². The summed E-state index contributed by atoms with van der Waals surface area (Å²) in [5, 5.41) is 0. The Labute approximate surface area is 127 Å². The van der Waals surface area contributed by atoms with Crippen molar-refractivity contribution < 1.29 is 28.5 Å². The zero-order valence-electron chi connectivity index (χ0n) is 13.6.